The predicted octanol–water partition coefficient (Wildman–Crippen LogP) is 1.77. The van der Waals surface area contributed by atoms with Crippen molar-refractivity contribution < 1.29 is 13.9 Å². The van der Waals surface area contributed by atoms with Gasteiger partial charge in [-0.2, -0.15) is 0 Å². The molecular formula is C11H19BrFN3O2. The maximum atomic E-state index is 12.1. The molecule has 0 aliphatic heterocycles. The van der Waals surface area contributed by atoms with E-state index in [4.69, 9.17) is 10.5 Å². The van der Waals surface area contributed by atoms with E-state index in [1.54, 1.807) is 6.92 Å². The Morgan fingerprint density at radius 2 is 2.28 bits per heavy atom. The second-order valence-electron chi connectivity index (χ2n) is 3.18. The molecule has 0 saturated carbocycles. The van der Waals surface area contributed by atoms with Crippen molar-refractivity contribution in [2.75, 3.05) is 13.3 Å². The number of nitrogens with one attached hydrogen (secondary N) is 1. The summed E-state index contributed by atoms with van der Waals surface area (Å²) in [6, 6.07) is 0. The molecule has 0 aromatic heterocycles. The average Bonchev–Trinajstić information content (AvgIpc) is 2.29. The number of unbranched alkanes of at least 4 members (excludes halogenated alkanes) is 1. The molecule has 0 aliphatic rings. The molecule has 0 aliphatic carbocycles. The van der Waals surface area contributed by atoms with Gasteiger partial charge in [0.2, 0.25) is 0 Å². The highest BCUT2D eigenvalue weighted by molar-refractivity contribution is 8.93. The van der Waals surface area contributed by atoms with E-state index in [0.717, 1.165) is 12.8 Å². The van der Waals surface area contributed by atoms with E-state index in [-0.39, 0.29) is 22.8 Å². The number of halogens is 2. The lowest BCUT2D eigenvalue weighted by molar-refractivity contribution is 0.143. The van der Waals surface area contributed by atoms with Crippen LogP contribution in [0.2, 0.25) is 0 Å². The maximum Gasteiger partial charge on any atom is 0.409 e. The number of aliphatic imine (C=N–C) groups is 1. The number of hydrogen-bond acceptors (Lipinski definition) is 3. The Bertz CT molecular complexity index is 326. The summed E-state index contributed by atoms with van der Waals surface area (Å²) in [6.45, 7) is 3.02. The Hall–Kier alpha value is -1.29. The average molecular weight is 324 g/mol. The fraction of sp³-hybridized carbons (Fsp3) is 0.636. The van der Waals surface area contributed by atoms with Crippen molar-refractivity contribution in [1.82, 2.24) is 5.32 Å². The quantitative estimate of drug-likeness (QED) is 0.338. The lowest BCUT2D eigenvalue weighted by Crippen LogP contribution is -2.35. The van der Waals surface area contributed by atoms with Crippen molar-refractivity contribution >= 4 is 28.9 Å². The topological polar surface area (TPSA) is 76.7 Å². The van der Waals surface area contributed by atoms with Gasteiger partial charge in [-0.25, -0.2) is 14.2 Å². The predicted molar refractivity (Wildman–Crippen MR) is 74.5 cm³/mol. The lowest BCUT2D eigenvalue weighted by atomic mass is 10.4. The van der Waals surface area contributed by atoms with Gasteiger partial charge in [0.1, 0.15) is 12.5 Å². The molecule has 1 atom stereocenters. The minimum Gasteiger partial charge on any atom is -0.450 e. The Morgan fingerprint density at radius 1 is 1.61 bits per heavy atom. The third-order valence-electron chi connectivity index (χ3n) is 1.70. The third kappa shape index (κ3) is 9.90. The molecule has 0 rings (SSSR count). The molecule has 0 bridgehead atoms. The van der Waals surface area contributed by atoms with Crippen LogP contribution in [0, 0.1) is 11.8 Å². The van der Waals surface area contributed by atoms with Crippen LogP contribution in [0.3, 0.4) is 0 Å². The highest BCUT2D eigenvalue weighted by Crippen LogP contribution is 1.91. The van der Waals surface area contributed by atoms with E-state index >= 15 is 0 Å². The van der Waals surface area contributed by atoms with Crippen LogP contribution in [0.25, 0.3) is 0 Å². The van der Waals surface area contributed by atoms with Crippen molar-refractivity contribution in [3.8, 4) is 11.8 Å². The van der Waals surface area contributed by atoms with Gasteiger partial charge in [0.25, 0.3) is 0 Å². The number of rotatable bonds is 6. The molecule has 0 heterocycles. The van der Waals surface area contributed by atoms with Crippen molar-refractivity contribution in [3.63, 3.8) is 0 Å². The summed E-state index contributed by atoms with van der Waals surface area (Å²) in [5.74, 6) is 4.92. The van der Waals surface area contributed by atoms with E-state index in [0.29, 0.717) is 6.61 Å². The van der Waals surface area contributed by atoms with Crippen LogP contribution in [0.4, 0.5) is 9.18 Å². The molecule has 0 fully saturated rings. The number of carbonyl (C=O) groups excluding carboxylic acids is 1. The Morgan fingerprint density at radius 3 is 2.78 bits per heavy atom. The number of nitrogens with zero attached hydrogens (tertiary/aromatic N) is 1. The summed E-state index contributed by atoms with van der Waals surface area (Å²) in [7, 11) is 0. The normalized spacial score (nSPS) is 11.6. The Kier molecular flexibility index (Phi) is 12.9. The number of carbonyl (C=O) groups is 1. The molecule has 0 spiro atoms. The molecule has 18 heavy (non-hydrogen) atoms. The van der Waals surface area contributed by atoms with Crippen LogP contribution in [0.1, 0.15) is 26.7 Å². The zero-order chi connectivity index (χ0) is 13.1. The van der Waals surface area contributed by atoms with Gasteiger partial charge < -0.3 is 10.5 Å². The highest BCUT2D eigenvalue weighted by atomic mass is 79.9. The zero-order valence-electron chi connectivity index (χ0n) is 10.5. The minimum absolute atomic E-state index is 0. The monoisotopic (exact) mass is 323 g/mol. The second-order valence-corrected chi connectivity index (χ2v) is 3.18. The lowest BCUT2D eigenvalue weighted by Gasteiger charge is -2.10. The molecule has 0 saturated heterocycles. The molecular weight excluding hydrogens is 305 g/mol. The molecule has 7 heteroatoms. The number of hydrogen-bond donors (Lipinski definition) is 2. The molecule has 1 unspecified atom stereocenters. The van der Waals surface area contributed by atoms with Crippen LogP contribution in [0.5, 0.6) is 0 Å². The number of ether oxygens (including phenoxy) is 1. The first kappa shape index (κ1) is 19.1. The number of nitrogens with two attached hydrogens (primary N) is 1. The first-order chi connectivity index (χ1) is 8.13. The summed E-state index contributed by atoms with van der Waals surface area (Å²) in [4.78, 5) is 15.0. The molecule has 3 N–H and O–H groups in total. The van der Waals surface area contributed by atoms with E-state index < -0.39 is 18.9 Å². The zero-order valence-corrected chi connectivity index (χ0v) is 12.2. The number of alkyl carbamates (subject to hydrolysis) is 1. The Balaban J connectivity index is 0. The molecule has 0 aromatic rings. The molecule has 1 amide bonds. The number of amidine groups is 1. The van der Waals surface area contributed by atoms with E-state index in [1.165, 1.54) is 0 Å². The molecule has 5 nitrogen and oxygen atoms in total. The van der Waals surface area contributed by atoms with Crippen LogP contribution in [-0.2, 0) is 4.74 Å². The van der Waals surface area contributed by atoms with Crippen LogP contribution < -0.4 is 11.1 Å². The van der Waals surface area contributed by atoms with Gasteiger partial charge in [-0.3, -0.25) is 5.32 Å². The van der Waals surface area contributed by atoms with Crippen molar-refractivity contribution in [2.24, 2.45) is 10.7 Å². The Labute approximate surface area is 117 Å². The van der Waals surface area contributed by atoms with Crippen molar-refractivity contribution in [2.45, 2.75) is 32.9 Å². The van der Waals surface area contributed by atoms with E-state index in [1.807, 2.05) is 6.92 Å². The summed E-state index contributed by atoms with van der Waals surface area (Å²) >= 11 is 0. The van der Waals surface area contributed by atoms with Crippen molar-refractivity contribution in [1.29, 1.82) is 0 Å². The van der Waals surface area contributed by atoms with Gasteiger partial charge in [-0.1, -0.05) is 19.3 Å². The first-order valence-corrected chi connectivity index (χ1v) is 5.37. The number of amides is 1. The second kappa shape index (κ2) is 12.2. The van der Waals surface area contributed by atoms with Crippen molar-refractivity contribution in [3.05, 3.63) is 0 Å². The maximum absolute atomic E-state index is 12.1. The number of alkyl halides is 1. The van der Waals surface area contributed by atoms with Gasteiger partial charge >= 0.3 is 6.09 Å². The standard InChI is InChI=1S/C11H18FN3O2.BrH/c1-3-5-7-17-11(16)15-10(6-4-2)14-9(13)8-12;/h10H,3,5,7-8H2,1-2H3,(H2,13,14)(H,15,16);1H. The summed E-state index contributed by atoms with van der Waals surface area (Å²) < 4.78 is 17.0. The van der Waals surface area contributed by atoms with Crippen LogP contribution in [0.15, 0.2) is 4.99 Å². The minimum atomic E-state index is -0.880. The highest BCUT2D eigenvalue weighted by Gasteiger charge is 2.09. The van der Waals surface area contributed by atoms with Gasteiger partial charge in [0, 0.05) is 0 Å². The molecule has 0 radical (unpaired) electrons. The molecule has 104 valence electrons. The SMILES string of the molecule is Br.CC#CC(N=C(N)CF)NC(=O)OCCCC. The largest absolute Gasteiger partial charge is 0.450 e. The fourth-order valence-corrected chi connectivity index (χ4v) is 0.900. The van der Waals surface area contributed by atoms with Gasteiger partial charge in [-0.15, -0.1) is 22.9 Å². The molecule has 0 aromatic carbocycles. The smallest absolute Gasteiger partial charge is 0.409 e. The summed E-state index contributed by atoms with van der Waals surface area (Å²) in [5.41, 5.74) is 5.22. The van der Waals surface area contributed by atoms with Gasteiger partial charge in [-0.05, 0) is 13.3 Å². The van der Waals surface area contributed by atoms with Gasteiger partial charge in [0.15, 0.2) is 6.17 Å². The summed E-state index contributed by atoms with van der Waals surface area (Å²) in [6.07, 6.45) is 0.206. The third-order valence-corrected chi connectivity index (χ3v) is 1.70. The van der Waals surface area contributed by atoms with E-state index in [2.05, 4.69) is 22.2 Å². The first-order valence-electron chi connectivity index (χ1n) is 5.37. The van der Waals surface area contributed by atoms with Crippen LogP contribution >= 0.6 is 17.0 Å². The summed E-state index contributed by atoms with van der Waals surface area (Å²) in [5, 5.41) is 2.37. The van der Waals surface area contributed by atoms with E-state index in [9.17, 15) is 9.18 Å². The van der Waals surface area contributed by atoms with Crippen LogP contribution in [-0.4, -0.2) is 31.4 Å². The fourth-order valence-electron chi connectivity index (χ4n) is 0.900. The van der Waals surface area contributed by atoms with Gasteiger partial charge in [0.05, 0.1) is 6.61 Å².